The molecular formula is C14H17N2O3P. The molecule has 0 spiro atoms. The quantitative estimate of drug-likeness (QED) is 0.749. The molecule has 0 aliphatic rings. The molecule has 0 saturated heterocycles. The van der Waals surface area contributed by atoms with Crippen LogP contribution in [0.3, 0.4) is 0 Å². The maximum atomic E-state index is 12.5. The number of benzene rings is 1. The maximum Gasteiger partial charge on any atom is 0.335 e. The first-order chi connectivity index (χ1) is 9.49. The molecule has 0 aliphatic carbocycles. The highest BCUT2D eigenvalue weighted by atomic mass is 31.2. The van der Waals surface area contributed by atoms with Crippen molar-refractivity contribution >= 4 is 7.60 Å². The molecule has 0 heterocycles. The molecular weight excluding hydrogens is 275 g/mol. The van der Waals surface area contributed by atoms with E-state index in [1.807, 2.05) is 12.1 Å². The summed E-state index contributed by atoms with van der Waals surface area (Å²) in [7, 11) is -3.21. The minimum absolute atomic E-state index is 0.0981. The first-order valence-corrected chi connectivity index (χ1v) is 8.04. The summed E-state index contributed by atoms with van der Waals surface area (Å²) in [6, 6.07) is 7.15. The normalized spacial score (nSPS) is 10.8. The van der Waals surface area contributed by atoms with Crippen LogP contribution in [0.5, 0.6) is 0 Å². The second-order valence-electron chi connectivity index (χ2n) is 4.15. The molecule has 20 heavy (non-hydrogen) atoms. The van der Waals surface area contributed by atoms with Crippen molar-refractivity contribution in [1.29, 1.82) is 10.5 Å². The van der Waals surface area contributed by atoms with Crippen LogP contribution in [0, 0.1) is 29.6 Å². The Kier molecular flexibility index (Phi) is 5.92. The number of rotatable bonds is 6. The number of nitrogens with zero attached hydrogens (tertiary/aromatic N) is 2. The molecule has 0 amide bonds. The van der Waals surface area contributed by atoms with Gasteiger partial charge in [-0.1, -0.05) is 0 Å². The Hall–Kier alpha value is -1.65. The van der Waals surface area contributed by atoms with Crippen LogP contribution in [0.4, 0.5) is 0 Å². The van der Waals surface area contributed by atoms with Crippen LogP contribution in [0.2, 0.25) is 0 Å². The van der Waals surface area contributed by atoms with Crippen LogP contribution >= 0.6 is 7.60 Å². The molecule has 0 atom stereocenters. The lowest BCUT2D eigenvalue weighted by molar-refractivity contribution is 0.219. The van der Waals surface area contributed by atoms with Gasteiger partial charge < -0.3 is 9.05 Å². The van der Waals surface area contributed by atoms with Gasteiger partial charge in [0.15, 0.2) is 0 Å². The van der Waals surface area contributed by atoms with E-state index in [9.17, 15) is 4.57 Å². The monoisotopic (exact) mass is 292 g/mol. The van der Waals surface area contributed by atoms with Crippen LogP contribution in [0.1, 0.15) is 36.1 Å². The highest BCUT2D eigenvalue weighted by molar-refractivity contribution is 7.53. The summed E-state index contributed by atoms with van der Waals surface area (Å²) < 4.78 is 23.0. The van der Waals surface area contributed by atoms with Crippen molar-refractivity contribution < 1.29 is 13.6 Å². The lowest BCUT2D eigenvalue weighted by Gasteiger charge is -2.18. The lowest BCUT2D eigenvalue weighted by atomic mass is 10.0. The van der Waals surface area contributed by atoms with Gasteiger partial charge in [-0.2, -0.15) is 10.5 Å². The van der Waals surface area contributed by atoms with Gasteiger partial charge in [0.25, 0.3) is 0 Å². The Balaban J connectivity index is 3.18. The van der Waals surface area contributed by atoms with Gasteiger partial charge in [-0.15, -0.1) is 0 Å². The molecule has 1 aromatic rings. The first-order valence-electron chi connectivity index (χ1n) is 6.31. The fraction of sp³-hybridized carbons (Fsp3) is 0.429. The highest BCUT2D eigenvalue weighted by Gasteiger charge is 2.25. The average Bonchev–Trinajstić information content (AvgIpc) is 2.41. The summed E-state index contributed by atoms with van der Waals surface area (Å²) in [6.45, 7) is 5.88. The predicted octanol–water partition coefficient (Wildman–Crippen LogP) is 3.50. The van der Waals surface area contributed by atoms with Gasteiger partial charge in [0.2, 0.25) is 0 Å². The second-order valence-corrected chi connectivity index (χ2v) is 6.21. The van der Waals surface area contributed by atoms with Crippen LogP contribution in [-0.2, 0) is 19.8 Å². The molecule has 0 N–H and O–H groups in total. The molecule has 0 saturated carbocycles. The Morgan fingerprint density at radius 2 is 1.60 bits per heavy atom. The summed E-state index contributed by atoms with van der Waals surface area (Å²) in [5.74, 6) is 0. The largest absolute Gasteiger partial charge is 0.335 e. The minimum atomic E-state index is -3.21. The third-order valence-corrected chi connectivity index (χ3v) is 4.76. The van der Waals surface area contributed by atoms with Crippen molar-refractivity contribution in [3.05, 3.63) is 34.4 Å². The predicted molar refractivity (Wildman–Crippen MR) is 75.2 cm³/mol. The molecule has 0 radical (unpaired) electrons. The molecule has 0 aliphatic heterocycles. The van der Waals surface area contributed by atoms with E-state index in [1.54, 1.807) is 32.9 Å². The fourth-order valence-electron chi connectivity index (χ4n) is 1.84. The topological polar surface area (TPSA) is 83.1 Å². The minimum Gasteiger partial charge on any atom is -0.309 e. The van der Waals surface area contributed by atoms with E-state index in [1.165, 1.54) is 0 Å². The Morgan fingerprint density at radius 1 is 1.10 bits per heavy atom. The zero-order valence-corrected chi connectivity index (χ0v) is 12.7. The zero-order chi connectivity index (χ0) is 15.2. The number of hydrogen-bond acceptors (Lipinski definition) is 5. The van der Waals surface area contributed by atoms with Gasteiger partial charge in [-0.25, -0.2) is 0 Å². The third kappa shape index (κ3) is 3.92. The van der Waals surface area contributed by atoms with Crippen molar-refractivity contribution in [2.75, 3.05) is 13.2 Å². The Morgan fingerprint density at radius 3 is 2.05 bits per heavy atom. The van der Waals surface area contributed by atoms with E-state index in [0.29, 0.717) is 11.1 Å². The van der Waals surface area contributed by atoms with Crippen LogP contribution in [0.15, 0.2) is 12.1 Å². The van der Waals surface area contributed by atoms with Crippen LogP contribution in [0.25, 0.3) is 0 Å². The third-order valence-electron chi connectivity index (χ3n) is 2.73. The average molecular weight is 292 g/mol. The fourth-order valence-corrected chi connectivity index (χ4v) is 3.64. The van der Waals surface area contributed by atoms with Crippen molar-refractivity contribution in [2.45, 2.75) is 26.9 Å². The Labute approximate surface area is 119 Å². The molecule has 1 aromatic carbocycles. The van der Waals surface area contributed by atoms with Crippen molar-refractivity contribution in [3.8, 4) is 12.1 Å². The molecule has 6 heteroatoms. The van der Waals surface area contributed by atoms with Crippen LogP contribution < -0.4 is 0 Å². The van der Waals surface area contributed by atoms with Crippen molar-refractivity contribution in [3.63, 3.8) is 0 Å². The number of hydrogen-bond donors (Lipinski definition) is 0. The molecule has 5 nitrogen and oxygen atoms in total. The van der Waals surface area contributed by atoms with Gasteiger partial charge in [0.05, 0.1) is 30.5 Å². The molecule has 0 fully saturated rings. The molecule has 0 bridgehead atoms. The van der Waals surface area contributed by atoms with Gasteiger partial charge in [0, 0.05) is 0 Å². The second kappa shape index (κ2) is 7.22. The lowest BCUT2D eigenvalue weighted by Crippen LogP contribution is -2.01. The summed E-state index contributed by atoms with van der Waals surface area (Å²) >= 11 is 0. The Bertz CT molecular complexity index is 604. The maximum absolute atomic E-state index is 12.5. The SMILES string of the molecule is CCOP(=O)(Cc1cc(C#N)c(C#N)cc1C)OCC. The van der Waals surface area contributed by atoms with Gasteiger partial charge in [-0.05, 0) is 44.0 Å². The summed E-state index contributed by atoms with van der Waals surface area (Å²) in [5, 5.41) is 18.0. The van der Waals surface area contributed by atoms with E-state index < -0.39 is 7.60 Å². The van der Waals surface area contributed by atoms with E-state index in [4.69, 9.17) is 19.6 Å². The van der Waals surface area contributed by atoms with E-state index in [-0.39, 0.29) is 24.9 Å². The van der Waals surface area contributed by atoms with Gasteiger partial charge in [-0.3, -0.25) is 4.57 Å². The van der Waals surface area contributed by atoms with Gasteiger partial charge >= 0.3 is 7.60 Å². The van der Waals surface area contributed by atoms with E-state index >= 15 is 0 Å². The highest BCUT2D eigenvalue weighted by Crippen LogP contribution is 2.51. The van der Waals surface area contributed by atoms with Crippen molar-refractivity contribution in [2.24, 2.45) is 0 Å². The number of aryl methyl sites for hydroxylation is 1. The summed E-state index contributed by atoms with van der Waals surface area (Å²) in [4.78, 5) is 0. The van der Waals surface area contributed by atoms with E-state index in [2.05, 4.69) is 0 Å². The van der Waals surface area contributed by atoms with Crippen molar-refractivity contribution in [1.82, 2.24) is 0 Å². The zero-order valence-electron chi connectivity index (χ0n) is 11.8. The van der Waals surface area contributed by atoms with Gasteiger partial charge in [0.1, 0.15) is 12.1 Å². The summed E-state index contributed by atoms with van der Waals surface area (Å²) in [5.41, 5.74) is 2.08. The molecule has 106 valence electrons. The molecule has 1 rings (SSSR count). The van der Waals surface area contributed by atoms with E-state index in [0.717, 1.165) is 5.56 Å². The number of nitriles is 2. The smallest absolute Gasteiger partial charge is 0.309 e. The molecule has 0 aromatic heterocycles. The first kappa shape index (κ1) is 16.4. The van der Waals surface area contributed by atoms with Crippen LogP contribution in [-0.4, -0.2) is 13.2 Å². The summed E-state index contributed by atoms with van der Waals surface area (Å²) in [6.07, 6.45) is 0.0981. The molecule has 0 unspecified atom stereocenters. The standard InChI is InChI=1S/C14H17N2O3P/c1-4-18-20(17,19-5-2)10-14-7-13(9-16)12(8-15)6-11(14)3/h6-7H,4-5,10H2,1-3H3.